The van der Waals surface area contributed by atoms with Gasteiger partial charge in [0.05, 0.1) is 22.3 Å². The summed E-state index contributed by atoms with van der Waals surface area (Å²) in [4.78, 5) is 15.1. The first-order valence-corrected chi connectivity index (χ1v) is 6.92. The maximum absolute atomic E-state index is 13.1. The van der Waals surface area contributed by atoms with Crippen LogP contribution in [0.15, 0.2) is 54.7 Å². The van der Waals surface area contributed by atoms with E-state index in [0.29, 0.717) is 5.69 Å². The zero-order valence-corrected chi connectivity index (χ0v) is 13.4. The summed E-state index contributed by atoms with van der Waals surface area (Å²) in [5.41, 5.74) is -0.373. The highest BCUT2D eigenvalue weighted by Crippen LogP contribution is 2.36. The minimum Gasteiger partial charge on any atom is -0.478 e. The number of halogens is 4. The predicted molar refractivity (Wildman–Crippen MR) is 90.7 cm³/mol. The van der Waals surface area contributed by atoms with Gasteiger partial charge in [-0.05, 0) is 24.3 Å². The second-order valence-electron chi connectivity index (χ2n) is 5.03. The summed E-state index contributed by atoms with van der Waals surface area (Å²) in [5.74, 6) is -1.13. The second kappa shape index (κ2) is 6.98. The largest absolute Gasteiger partial charge is 0.478 e. The molecule has 2 aromatic carbocycles. The fourth-order valence-electron chi connectivity index (χ4n) is 2.44. The number of fused-ring (bicyclic) bond motifs is 1. The number of alkyl halides is 3. The Labute approximate surface area is 146 Å². The van der Waals surface area contributed by atoms with Gasteiger partial charge < -0.3 is 10.4 Å². The summed E-state index contributed by atoms with van der Waals surface area (Å²) >= 11 is 0. The Kier molecular flexibility index (Phi) is 5.18. The molecule has 4 nitrogen and oxygen atoms in total. The van der Waals surface area contributed by atoms with E-state index in [9.17, 15) is 23.1 Å². The van der Waals surface area contributed by atoms with Crippen molar-refractivity contribution in [2.75, 3.05) is 5.32 Å². The van der Waals surface area contributed by atoms with Crippen LogP contribution < -0.4 is 5.32 Å². The second-order valence-corrected chi connectivity index (χ2v) is 5.03. The van der Waals surface area contributed by atoms with E-state index < -0.39 is 17.7 Å². The Balaban J connectivity index is 0.00000225. The molecule has 130 valence electrons. The molecule has 25 heavy (non-hydrogen) atoms. The smallest absolute Gasteiger partial charge is 0.418 e. The van der Waals surface area contributed by atoms with Crippen LogP contribution >= 0.6 is 12.4 Å². The minimum atomic E-state index is -4.52. The van der Waals surface area contributed by atoms with Crippen LogP contribution in [0, 0.1) is 0 Å². The zero-order valence-electron chi connectivity index (χ0n) is 12.5. The first kappa shape index (κ1) is 18.5. The van der Waals surface area contributed by atoms with E-state index in [1.807, 2.05) is 0 Å². The van der Waals surface area contributed by atoms with Gasteiger partial charge in [0.15, 0.2) is 0 Å². The minimum absolute atomic E-state index is 0. The van der Waals surface area contributed by atoms with Gasteiger partial charge in [-0.2, -0.15) is 13.2 Å². The summed E-state index contributed by atoms with van der Waals surface area (Å²) in [6.45, 7) is 0. The van der Waals surface area contributed by atoms with Gasteiger partial charge in [0.1, 0.15) is 0 Å². The quantitative estimate of drug-likeness (QED) is 0.673. The zero-order chi connectivity index (χ0) is 17.3. The maximum atomic E-state index is 13.1. The molecule has 3 rings (SSSR count). The van der Waals surface area contributed by atoms with Gasteiger partial charge >= 0.3 is 12.1 Å². The fourth-order valence-corrected chi connectivity index (χ4v) is 2.44. The topological polar surface area (TPSA) is 62.2 Å². The van der Waals surface area contributed by atoms with Crippen molar-refractivity contribution in [3.8, 4) is 0 Å². The number of carboxylic acid groups (broad SMARTS) is 1. The average Bonchev–Trinajstić information content (AvgIpc) is 2.54. The van der Waals surface area contributed by atoms with Crippen molar-refractivity contribution in [3.63, 3.8) is 0 Å². The van der Waals surface area contributed by atoms with Gasteiger partial charge in [-0.25, -0.2) is 4.79 Å². The SMILES string of the molecule is Cl.O=C(O)c1ccccc1Nc1ccnc2c(C(F)(F)F)cccc12. The highest BCUT2D eigenvalue weighted by molar-refractivity contribution is 5.99. The molecule has 8 heteroatoms. The summed E-state index contributed by atoms with van der Waals surface area (Å²) in [6, 6.07) is 11.4. The number of para-hydroxylation sites is 2. The third-order valence-corrected chi connectivity index (χ3v) is 3.50. The molecule has 0 spiro atoms. The summed E-state index contributed by atoms with van der Waals surface area (Å²) < 4.78 is 39.3. The van der Waals surface area contributed by atoms with Crippen molar-refractivity contribution in [1.82, 2.24) is 4.98 Å². The number of hydrogen-bond donors (Lipinski definition) is 2. The Bertz CT molecular complexity index is 929. The van der Waals surface area contributed by atoms with Crippen molar-refractivity contribution in [2.24, 2.45) is 0 Å². The normalized spacial score (nSPS) is 11.0. The molecule has 3 aromatic rings. The highest BCUT2D eigenvalue weighted by Gasteiger charge is 2.33. The number of nitrogens with zero attached hydrogens (tertiary/aromatic N) is 1. The summed E-state index contributed by atoms with van der Waals surface area (Å²) in [5, 5.41) is 12.4. The Hall–Kier alpha value is -2.80. The number of carbonyl (C=O) groups is 1. The van der Waals surface area contributed by atoms with Gasteiger partial charge in [0.25, 0.3) is 0 Å². The lowest BCUT2D eigenvalue weighted by Crippen LogP contribution is -2.07. The molecule has 0 aliphatic heterocycles. The van der Waals surface area contributed by atoms with E-state index in [0.717, 1.165) is 6.07 Å². The van der Waals surface area contributed by atoms with Crippen molar-refractivity contribution in [1.29, 1.82) is 0 Å². The molecule has 0 aliphatic rings. The molecule has 0 saturated carbocycles. The van der Waals surface area contributed by atoms with Crippen LogP contribution in [0.2, 0.25) is 0 Å². The number of nitrogens with one attached hydrogen (secondary N) is 1. The molecule has 0 aliphatic carbocycles. The Morgan fingerprint density at radius 2 is 1.72 bits per heavy atom. The third-order valence-electron chi connectivity index (χ3n) is 3.50. The van der Waals surface area contributed by atoms with Crippen LogP contribution in [0.5, 0.6) is 0 Å². The van der Waals surface area contributed by atoms with E-state index in [2.05, 4.69) is 10.3 Å². The van der Waals surface area contributed by atoms with Gasteiger partial charge in [0.2, 0.25) is 0 Å². The Morgan fingerprint density at radius 3 is 2.40 bits per heavy atom. The number of hydrogen-bond acceptors (Lipinski definition) is 3. The Morgan fingerprint density at radius 1 is 1.00 bits per heavy atom. The van der Waals surface area contributed by atoms with Gasteiger partial charge in [-0.3, -0.25) is 4.98 Å². The molecule has 0 atom stereocenters. The van der Waals surface area contributed by atoms with E-state index >= 15 is 0 Å². The highest BCUT2D eigenvalue weighted by atomic mass is 35.5. The van der Waals surface area contributed by atoms with Crippen LogP contribution in [-0.4, -0.2) is 16.1 Å². The molecule has 0 unspecified atom stereocenters. The molecular formula is C17H12ClF3N2O2. The van der Waals surface area contributed by atoms with E-state index in [1.165, 1.54) is 30.5 Å². The molecule has 0 radical (unpaired) electrons. The number of carboxylic acids is 1. The number of aromatic carboxylic acids is 1. The lowest BCUT2D eigenvalue weighted by Gasteiger charge is -2.14. The van der Waals surface area contributed by atoms with Gasteiger partial charge in [-0.15, -0.1) is 12.4 Å². The molecule has 1 aromatic heterocycles. The number of benzene rings is 2. The molecule has 1 heterocycles. The first-order chi connectivity index (χ1) is 11.4. The van der Waals surface area contributed by atoms with Crippen molar-refractivity contribution in [2.45, 2.75) is 6.18 Å². The molecule has 2 N–H and O–H groups in total. The predicted octanol–water partition coefficient (Wildman–Crippen LogP) is 5.12. The van der Waals surface area contributed by atoms with Gasteiger partial charge in [0, 0.05) is 17.3 Å². The summed E-state index contributed by atoms with van der Waals surface area (Å²) in [6.07, 6.45) is -3.27. The number of anilines is 2. The van der Waals surface area contributed by atoms with E-state index in [-0.39, 0.29) is 34.6 Å². The first-order valence-electron chi connectivity index (χ1n) is 6.92. The van der Waals surface area contributed by atoms with Crippen molar-refractivity contribution < 1.29 is 23.1 Å². The van der Waals surface area contributed by atoms with Crippen LogP contribution in [0.4, 0.5) is 24.5 Å². The van der Waals surface area contributed by atoms with Gasteiger partial charge in [-0.1, -0.05) is 24.3 Å². The number of rotatable bonds is 3. The van der Waals surface area contributed by atoms with Crippen LogP contribution in [-0.2, 0) is 6.18 Å². The van der Waals surface area contributed by atoms with Crippen LogP contribution in [0.1, 0.15) is 15.9 Å². The average molecular weight is 369 g/mol. The lowest BCUT2D eigenvalue weighted by atomic mass is 10.1. The number of pyridine rings is 1. The molecular weight excluding hydrogens is 357 g/mol. The van der Waals surface area contributed by atoms with E-state index in [4.69, 9.17) is 0 Å². The third kappa shape index (κ3) is 3.66. The maximum Gasteiger partial charge on any atom is 0.418 e. The monoisotopic (exact) mass is 368 g/mol. The molecule has 0 amide bonds. The van der Waals surface area contributed by atoms with Crippen molar-refractivity contribution >= 4 is 40.7 Å². The van der Waals surface area contributed by atoms with Crippen molar-refractivity contribution in [3.05, 3.63) is 65.9 Å². The summed E-state index contributed by atoms with van der Waals surface area (Å²) in [7, 11) is 0. The fraction of sp³-hybridized carbons (Fsp3) is 0.0588. The molecule has 0 bridgehead atoms. The van der Waals surface area contributed by atoms with E-state index in [1.54, 1.807) is 18.2 Å². The molecule has 0 saturated heterocycles. The molecule has 0 fully saturated rings. The van der Waals surface area contributed by atoms with Crippen LogP contribution in [0.3, 0.4) is 0 Å². The lowest BCUT2D eigenvalue weighted by molar-refractivity contribution is -0.136. The van der Waals surface area contributed by atoms with Crippen LogP contribution in [0.25, 0.3) is 10.9 Å². The number of aromatic nitrogens is 1. The standard InChI is InChI=1S/C17H11F3N2O2.ClH/c18-17(19,20)12-6-3-5-10-14(8-9-21-15(10)12)22-13-7-2-1-4-11(13)16(23)24;/h1-9H,(H,21,22)(H,23,24);1H.